The fourth-order valence-corrected chi connectivity index (χ4v) is 4.16. The van der Waals surface area contributed by atoms with Gasteiger partial charge in [-0.05, 0) is 25.2 Å². The van der Waals surface area contributed by atoms with E-state index in [9.17, 15) is 45.3 Å². The Morgan fingerprint density at radius 2 is 1.74 bits per heavy atom. The van der Waals surface area contributed by atoms with E-state index < -0.39 is 98.9 Å². The number of nitrogens with one attached hydrogen (secondary N) is 1. The first-order chi connectivity index (χ1) is 18.0. The zero-order valence-electron chi connectivity index (χ0n) is 20.2. The number of aliphatic hydroxyl groups is 6. The monoisotopic (exact) mass is 548 g/mol. The lowest BCUT2D eigenvalue weighted by Gasteiger charge is -2.44. The Kier molecular flexibility index (Phi) is 10.2. The number of phenols is 1. The van der Waals surface area contributed by atoms with Crippen LogP contribution < -0.4 is 11.1 Å². The van der Waals surface area contributed by atoms with E-state index in [-0.39, 0.29) is 11.3 Å². The van der Waals surface area contributed by atoms with Crippen LogP contribution in [0.25, 0.3) is 0 Å². The number of anilines is 1. The molecule has 0 amide bonds. The van der Waals surface area contributed by atoms with Crippen LogP contribution in [0.3, 0.4) is 0 Å². The van der Waals surface area contributed by atoms with Crippen molar-refractivity contribution in [1.82, 2.24) is 5.32 Å². The second kappa shape index (κ2) is 12.9. The van der Waals surface area contributed by atoms with Gasteiger partial charge in [-0.15, -0.1) is 0 Å². The van der Waals surface area contributed by atoms with Crippen LogP contribution in [0, 0.1) is 5.92 Å². The van der Waals surface area contributed by atoms with Crippen molar-refractivity contribution in [2.45, 2.75) is 55.2 Å². The number of nitrogen functional groups attached to an aromatic ring is 1. The third-order valence-electron chi connectivity index (χ3n) is 6.30. The molecule has 3 rings (SSSR count). The lowest BCUT2D eigenvalue weighted by atomic mass is 9.88. The van der Waals surface area contributed by atoms with E-state index in [1.54, 1.807) is 0 Å². The Hall–Kier alpha value is -2.64. The van der Waals surface area contributed by atoms with Gasteiger partial charge in [0.25, 0.3) is 0 Å². The molecule has 2 saturated heterocycles. The van der Waals surface area contributed by atoms with Crippen LogP contribution in [0.1, 0.15) is 10.4 Å². The van der Waals surface area contributed by atoms with Gasteiger partial charge in [0.2, 0.25) is 6.79 Å². The Bertz CT molecular complexity index is 966. The van der Waals surface area contributed by atoms with E-state index >= 15 is 0 Å². The smallest absolute Gasteiger partial charge is 0.344 e. The van der Waals surface area contributed by atoms with Crippen molar-refractivity contribution in [2.75, 3.05) is 32.8 Å². The average molecular weight is 548 g/mol. The highest BCUT2D eigenvalue weighted by Gasteiger charge is 2.50. The molecule has 2 aliphatic heterocycles. The fourth-order valence-electron chi connectivity index (χ4n) is 4.16. The van der Waals surface area contributed by atoms with Crippen LogP contribution in [-0.2, 0) is 28.5 Å². The zero-order valence-corrected chi connectivity index (χ0v) is 20.2. The van der Waals surface area contributed by atoms with Crippen LogP contribution in [0.15, 0.2) is 18.2 Å². The number of aliphatic hydroxyl groups excluding tert-OH is 6. The van der Waals surface area contributed by atoms with Crippen molar-refractivity contribution in [2.24, 2.45) is 5.92 Å². The third kappa shape index (κ3) is 6.49. The number of nitrogens with two attached hydrogens (primary N) is 1. The summed E-state index contributed by atoms with van der Waals surface area (Å²) in [7, 11) is 1.48. The van der Waals surface area contributed by atoms with Gasteiger partial charge in [-0.25, -0.2) is 9.59 Å². The van der Waals surface area contributed by atoms with Gasteiger partial charge in [-0.2, -0.15) is 0 Å². The van der Waals surface area contributed by atoms with Crippen molar-refractivity contribution in [1.29, 1.82) is 0 Å². The minimum atomic E-state index is -1.95. The van der Waals surface area contributed by atoms with E-state index in [1.807, 2.05) is 0 Å². The second-order valence-corrected chi connectivity index (χ2v) is 8.74. The van der Waals surface area contributed by atoms with Gasteiger partial charge >= 0.3 is 11.9 Å². The van der Waals surface area contributed by atoms with Gasteiger partial charge in [-0.1, -0.05) is 0 Å². The molecule has 2 aliphatic rings. The number of likely N-dealkylation sites (N-methyl/N-ethyl adjacent to an activating group) is 1. The maximum absolute atomic E-state index is 12.5. The van der Waals surface area contributed by atoms with Crippen LogP contribution in [0.2, 0.25) is 0 Å². The highest BCUT2D eigenvalue weighted by atomic mass is 16.7. The van der Waals surface area contributed by atoms with Crippen LogP contribution in [0.5, 0.6) is 5.75 Å². The van der Waals surface area contributed by atoms with Crippen LogP contribution in [-0.4, -0.2) is 130 Å². The maximum atomic E-state index is 12.5. The third-order valence-corrected chi connectivity index (χ3v) is 6.30. The Morgan fingerprint density at radius 3 is 2.39 bits per heavy atom. The zero-order chi connectivity index (χ0) is 28.1. The van der Waals surface area contributed by atoms with Gasteiger partial charge in [0, 0.05) is 11.6 Å². The summed E-state index contributed by atoms with van der Waals surface area (Å²) in [6.45, 7) is -1.97. The standard InChI is InChI=1S/C22H32N2O14/c1-24-13-10(14(27)12(5-25)37-20(13)32)6-34-22-17(30)15(28)16(29)18(38-22)21(33)36-7-35-19(31)9-4-8(23)2-3-11(9)26/h2-4,10,12-18,20,22,24-30,32H,5-7,23H2,1H3/t10-,12?,13?,14-,15+,16-,17?,18?,20-,22-/m1/s1. The van der Waals surface area contributed by atoms with Crippen LogP contribution in [0.4, 0.5) is 5.69 Å². The molecule has 4 unspecified atom stereocenters. The quantitative estimate of drug-likeness (QED) is 0.0612. The predicted octanol–water partition coefficient (Wildman–Crippen LogP) is -4.27. The molecule has 2 fully saturated rings. The van der Waals surface area contributed by atoms with Crippen molar-refractivity contribution < 1.29 is 69.0 Å². The Labute approximate surface area is 216 Å². The van der Waals surface area contributed by atoms with E-state index in [1.165, 1.54) is 19.2 Å². The molecule has 16 heteroatoms. The lowest BCUT2D eigenvalue weighted by molar-refractivity contribution is -0.307. The SMILES string of the molecule is CNC1[C@H](O)OC(CO)[C@H](O)[C@@H]1CO[C@@H]1OC(C(=O)OCOC(=O)c2cc(N)ccc2O)[C@H](O)[C@H](O)C1O. The van der Waals surface area contributed by atoms with Gasteiger partial charge in [0.15, 0.2) is 18.7 Å². The normalized spacial score (nSPS) is 35.4. The molecule has 10 N–H and O–H groups in total. The first kappa shape index (κ1) is 29.9. The summed E-state index contributed by atoms with van der Waals surface area (Å²) in [5, 5.41) is 73.2. The molecule has 38 heavy (non-hydrogen) atoms. The van der Waals surface area contributed by atoms with Crippen molar-refractivity contribution in [3.63, 3.8) is 0 Å². The summed E-state index contributed by atoms with van der Waals surface area (Å²) in [6.07, 6.45) is -13.2. The molecular formula is C22H32N2O14. The highest BCUT2D eigenvalue weighted by Crippen LogP contribution is 2.28. The number of carbonyl (C=O) groups is 2. The second-order valence-electron chi connectivity index (χ2n) is 8.74. The van der Waals surface area contributed by atoms with Crippen molar-refractivity contribution in [3.8, 4) is 5.75 Å². The molecule has 2 heterocycles. The molecule has 0 aliphatic carbocycles. The van der Waals surface area contributed by atoms with E-state index in [2.05, 4.69) is 5.32 Å². The molecule has 1 aromatic rings. The highest BCUT2D eigenvalue weighted by molar-refractivity contribution is 5.93. The number of ether oxygens (including phenoxy) is 5. The molecule has 1 aromatic carbocycles. The summed E-state index contributed by atoms with van der Waals surface area (Å²) in [5.74, 6) is -3.67. The van der Waals surface area contributed by atoms with Gasteiger partial charge < -0.3 is 70.5 Å². The number of phenolic OH excluding ortho intramolecular Hbond substituents is 1. The minimum Gasteiger partial charge on any atom is -0.507 e. The van der Waals surface area contributed by atoms with Gasteiger partial charge in [-0.3, -0.25) is 0 Å². The lowest BCUT2D eigenvalue weighted by Crippen LogP contribution is -2.63. The van der Waals surface area contributed by atoms with E-state index in [0.717, 1.165) is 6.07 Å². The first-order valence-corrected chi connectivity index (χ1v) is 11.5. The molecule has 10 atom stereocenters. The number of benzene rings is 1. The number of esters is 2. The molecule has 0 spiro atoms. The number of carbonyl (C=O) groups excluding carboxylic acids is 2. The molecule has 16 nitrogen and oxygen atoms in total. The predicted molar refractivity (Wildman–Crippen MR) is 122 cm³/mol. The average Bonchev–Trinajstić information content (AvgIpc) is 2.89. The number of hydrogen-bond donors (Lipinski definition) is 9. The molecular weight excluding hydrogens is 516 g/mol. The van der Waals surface area contributed by atoms with Gasteiger partial charge in [0.05, 0.1) is 25.4 Å². The minimum absolute atomic E-state index is 0.166. The largest absolute Gasteiger partial charge is 0.507 e. The van der Waals surface area contributed by atoms with Crippen LogP contribution >= 0.6 is 0 Å². The molecule has 0 saturated carbocycles. The summed E-state index contributed by atoms with van der Waals surface area (Å²) in [5.41, 5.74) is 5.44. The number of hydrogen-bond acceptors (Lipinski definition) is 16. The molecule has 0 bridgehead atoms. The van der Waals surface area contributed by atoms with E-state index in [0.29, 0.717) is 0 Å². The summed E-state index contributed by atoms with van der Waals surface area (Å²) in [6, 6.07) is 2.79. The number of rotatable bonds is 9. The maximum Gasteiger partial charge on any atom is 0.344 e. The summed E-state index contributed by atoms with van der Waals surface area (Å²) >= 11 is 0. The number of aromatic hydroxyl groups is 1. The van der Waals surface area contributed by atoms with E-state index in [4.69, 9.17) is 29.4 Å². The van der Waals surface area contributed by atoms with Gasteiger partial charge in [0.1, 0.15) is 35.7 Å². The van der Waals surface area contributed by atoms with Crippen molar-refractivity contribution in [3.05, 3.63) is 23.8 Å². The molecule has 214 valence electrons. The fraction of sp³-hybridized carbons (Fsp3) is 0.636. The topological polar surface area (TPSA) is 260 Å². The molecule has 0 aromatic heterocycles. The summed E-state index contributed by atoms with van der Waals surface area (Å²) < 4.78 is 25.4. The molecule has 0 radical (unpaired) electrons. The Morgan fingerprint density at radius 1 is 1.03 bits per heavy atom. The first-order valence-electron chi connectivity index (χ1n) is 11.5. The summed E-state index contributed by atoms with van der Waals surface area (Å²) in [4.78, 5) is 24.6. The Balaban J connectivity index is 1.60. The van der Waals surface area contributed by atoms with Crippen molar-refractivity contribution >= 4 is 17.6 Å².